The van der Waals surface area contributed by atoms with Gasteiger partial charge in [-0.05, 0) is 43.9 Å². The second-order valence-corrected chi connectivity index (χ2v) is 5.70. The number of rotatable bonds is 2. The van der Waals surface area contributed by atoms with Crippen LogP contribution in [0.2, 0.25) is 5.02 Å². The van der Waals surface area contributed by atoms with Gasteiger partial charge >= 0.3 is 0 Å². The van der Waals surface area contributed by atoms with E-state index in [0.29, 0.717) is 17.0 Å². The third-order valence-electron chi connectivity index (χ3n) is 3.68. The van der Waals surface area contributed by atoms with Gasteiger partial charge in [-0.3, -0.25) is 5.41 Å². The van der Waals surface area contributed by atoms with Crippen molar-refractivity contribution in [3.63, 3.8) is 0 Å². The van der Waals surface area contributed by atoms with Crippen molar-refractivity contribution < 1.29 is 0 Å². The Balaban J connectivity index is 2.41. The molecule has 98 valence electrons. The van der Waals surface area contributed by atoms with E-state index in [1.54, 1.807) is 6.07 Å². The van der Waals surface area contributed by atoms with Crippen LogP contribution in [0.4, 0.5) is 5.69 Å². The third-order valence-corrected chi connectivity index (χ3v) is 3.91. The van der Waals surface area contributed by atoms with Crippen molar-refractivity contribution in [2.75, 3.05) is 11.4 Å². The molecule has 1 saturated heterocycles. The first-order valence-electron chi connectivity index (χ1n) is 6.39. The lowest BCUT2D eigenvalue weighted by Gasteiger charge is -2.39. The first-order valence-corrected chi connectivity index (χ1v) is 6.77. The van der Waals surface area contributed by atoms with E-state index in [9.17, 15) is 0 Å². The summed E-state index contributed by atoms with van der Waals surface area (Å²) in [5.74, 6) is 0.770. The summed E-state index contributed by atoms with van der Waals surface area (Å²) in [7, 11) is 0. The zero-order valence-electron chi connectivity index (χ0n) is 10.9. The van der Waals surface area contributed by atoms with Crippen LogP contribution in [0.3, 0.4) is 0 Å². The highest BCUT2D eigenvalue weighted by molar-refractivity contribution is 6.31. The van der Waals surface area contributed by atoms with Gasteiger partial charge in [0.05, 0.1) is 0 Å². The molecule has 1 heterocycles. The summed E-state index contributed by atoms with van der Waals surface area (Å²) in [5, 5.41) is 8.38. The van der Waals surface area contributed by atoms with E-state index < -0.39 is 0 Å². The smallest absolute Gasteiger partial charge is 0.124 e. The molecule has 0 spiro atoms. The Morgan fingerprint density at radius 3 is 2.78 bits per heavy atom. The van der Waals surface area contributed by atoms with Gasteiger partial charge in [-0.1, -0.05) is 18.5 Å². The quantitative estimate of drug-likeness (QED) is 0.637. The molecule has 2 rings (SSSR count). The minimum Gasteiger partial charge on any atom is -0.384 e. The average Bonchev–Trinajstić information content (AvgIpc) is 2.31. The van der Waals surface area contributed by atoms with Crippen LogP contribution in [-0.2, 0) is 0 Å². The lowest BCUT2D eigenvalue weighted by molar-refractivity contribution is 0.390. The van der Waals surface area contributed by atoms with Gasteiger partial charge in [-0.25, -0.2) is 0 Å². The SMILES string of the molecule is CC1CCC(C)N(c2cc(Cl)ccc2C(=N)N)C1. The molecule has 0 bridgehead atoms. The van der Waals surface area contributed by atoms with Gasteiger partial charge in [-0.2, -0.15) is 0 Å². The molecule has 1 aliphatic rings. The van der Waals surface area contributed by atoms with E-state index in [2.05, 4.69) is 18.7 Å². The number of nitrogen functional groups attached to an aromatic ring is 1. The van der Waals surface area contributed by atoms with Gasteiger partial charge in [0, 0.05) is 28.9 Å². The predicted octanol–water partition coefficient (Wildman–Crippen LogP) is 3.25. The average molecular weight is 266 g/mol. The Labute approximate surface area is 113 Å². The largest absolute Gasteiger partial charge is 0.384 e. The van der Waals surface area contributed by atoms with Gasteiger partial charge in [0.15, 0.2) is 0 Å². The lowest BCUT2D eigenvalue weighted by atomic mass is 9.93. The van der Waals surface area contributed by atoms with Gasteiger partial charge in [0.2, 0.25) is 0 Å². The fraction of sp³-hybridized carbons (Fsp3) is 0.500. The van der Waals surface area contributed by atoms with Crippen LogP contribution in [0.15, 0.2) is 18.2 Å². The van der Waals surface area contributed by atoms with Crippen LogP contribution in [0, 0.1) is 11.3 Å². The number of hydrogen-bond donors (Lipinski definition) is 2. The third kappa shape index (κ3) is 2.61. The van der Waals surface area contributed by atoms with Crippen molar-refractivity contribution in [1.82, 2.24) is 0 Å². The number of hydrogen-bond acceptors (Lipinski definition) is 2. The maximum absolute atomic E-state index is 7.69. The molecule has 0 aliphatic carbocycles. The molecule has 3 nitrogen and oxygen atoms in total. The topological polar surface area (TPSA) is 53.1 Å². The molecule has 18 heavy (non-hydrogen) atoms. The molecule has 0 amide bonds. The Morgan fingerprint density at radius 2 is 2.11 bits per heavy atom. The number of halogens is 1. The Kier molecular flexibility index (Phi) is 3.81. The molecular weight excluding hydrogens is 246 g/mol. The minimum absolute atomic E-state index is 0.104. The highest BCUT2D eigenvalue weighted by atomic mass is 35.5. The molecule has 1 aliphatic heterocycles. The molecule has 1 aromatic carbocycles. The van der Waals surface area contributed by atoms with Crippen LogP contribution >= 0.6 is 11.6 Å². The fourth-order valence-electron chi connectivity index (χ4n) is 2.59. The monoisotopic (exact) mass is 265 g/mol. The van der Waals surface area contributed by atoms with E-state index in [0.717, 1.165) is 17.8 Å². The second-order valence-electron chi connectivity index (χ2n) is 5.26. The zero-order chi connectivity index (χ0) is 13.3. The maximum atomic E-state index is 7.69. The van der Waals surface area contributed by atoms with Crippen molar-refractivity contribution in [2.24, 2.45) is 11.7 Å². The van der Waals surface area contributed by atoms with Gasteiger partial charge < -0.3 is 10.6 Å². The highest BCUT2D eigenvalue weighted by Gasteiger charge is 2.25. The molecule has 1 aromatic rings. The van der Waals surface area contributed by atoms with Crippen LogP contribution in [-0.4, -0.2) is 18.4 Å². The molecule has 0 aromatic heterocycles. The van der Waals surface area contributed by atoms with E-state index in [1.165, 1.54) is 12.8 Å². The lowest BCUT2D eigenvalue weighted by Crippen LogP contribution is -2.42. The first kappa shape index (κ1) is 13.2. The number of nitrogens with zero attached hydrogens (tertiary/aromatic N) is 1. The van der Waals surface area contributed by atoms with Gasteiger partial charge in [0.25, 0.3) is 0 Å². The number of benzene rings is 1. The van der Waals surface area contributed by atoms with Crippen molar-refractivity contribution >= 4 is 23.1 Å². The zero-order valence-corrected chi connectivity index (χ0v) is 11.7. The van der Waals surface area contributed by atoms with Crippen molar-refractivity contribution in [1.29, 1.82) is 5.41 Å². The minimum atomic E-state index is 0.104. The summed E-state index contributed by atoms with van der Waals surface area (Å²) in [6.07, 6.45) is 2.43. The second kappa shape index (κ2) is 5.19. The van der Waals surface area contributed by atoms with Crippen LogP contribution in [0.1, 0.15) is 32.3 Å². The summed E-state index contributed by atoms with van der Waals surface area (Å²) >= 11 is 6.09. The van der Waals surface area contributed by atoms with E-state index >= 15 is 0 Å². The van der Waals surface area contributed by atoms with Crippen molar-refractivity contribution in [3.05, 3.63) is 28.8 Å². The Hall–Kier alpha value is -1.22. The fourth-order valence-corrected chi connectivity index (χ4v) is 2.76. The molecule has 2 unspecified atom stereocenters. The van der Waals surface area contributed by atoms with Crippen LogP contribution in [0.25, 0.3) is 0 Å². The summed E-state index contributed by atoms with van der Waals surface area (Å²) in [6, 6.07) is 6.02. The number of nitrogens with two attached hydrogens (primary N) is 1. The van der Waals surface area contributed by atoms with Gasteiger partial charge in [-0.15, -0.1) is 0 Å². The molecule has 0 radical (unpaired) electrons. The van der Waals surface area contributed by atoms with E-state index in [4.69, 9.17) is 22.7 Å². The summed E-state index contributed by atoms with van der Waals surface area (Å²) < 4.78 is 0. The van der Waals surface area contributed by atoms with Crippen molar-refractivity contribution in [2.45, 2.75) is 32.7 Å². The number of piperidine rings is 1. The Bertz CT molecular complexity index is 458. The summed E-state index contributed by atoms with van der Waals surface area (Å²) in [5.41, 5.74) is 7.44. The van der Waals surface area contributed by atoms with Crippen molar-refractivity contribution in [3.8, 4) is 0 Å². The highest BCUT2D eigenvalue weighted by Crippen LogP contribution is 2.31. The molecule has 4 heteroatoms. The number of amidine groups is 1. The molecule has 2 atom stereocenters. The molecule has 3 N–H and O–H groups in total. The summed E-state index contributed by atoms with van der Waals surface area (Å²) in [4.78, 5) is 2.33. The molecular formula is C14H20ClN3. The summed E-state index contributed by atoms with van der Waals surface area (Å²) in [6.45, 7) is 5.48. The standard InChI is InChI=1S/C14H20ClN3/c1-9-3-4-10(2)18(8-9)13-7-11(15)5-6-12(13)14(16)17/h5-7,9-10H,3-4,8H2,1-2H3,(H3,16,17). The molecule has 1 fully saturated rings. The molecule has 0 saturated carbocycles. The van der Waals surface area contributed by atoms with E-state index in [-0.39, 0.29) is 5.84 Å². The number of nitrogens with one attached hydrogen (secondary N) is 1. The van der Waals surface area contributed by atoms with Crippen LogP contribution < -0.4 is 10.6 Å². The number of anilines is 1. The first-order chi connectivity index (χ1) is 8.49. The predicted molar refractivity (Wildman–Crippen MR) is 77.7 cm³/mol. The normalized spacial score (nSPS) is 24.1. The van der Waals surface area contributed by atoms with Gasteiger partial charge in [0.1, 0.15) is 5.84 Å². The van der Waals surface area contributed by atoms with E-state index in [1.807, 2.05) is 12.1 Å². The van der Waals surface area contributed by atoms with Crippen LogP contribution in [0.5, 0.6) is 0 Å². The maximum Gasteiger partial charge on any atom is 0.124 e. The Morgan fingerprint density at radius 1 is 1.39 bits per heavy atom.